The van der Waals surface area contributed by atoms with E-state index >= 15 is 0 Å². The number of esters is 2. The predicted molar refractivity (Wildman–Crippen MR) is 110 cm³/mol. The molecule has 0 spiro atoms. The van der Waals surface area contributed by atoms with Crippen LogP contribution in [0, 0.1) is 11.8 Å². The van der Waals surface area contributed by atoms with E-state index < -0.39 is 52.3 Å². The van der Waals surface area contributed by atoms with Gasteiger partial charge in [-0.05, 0) is 66.2 Å². The minimum Gasteiger partial charge on any atom is -0.508 e. The molecule has 0 amide bonds. The molecule has 2 N–H and O–H groups in total. The molecule has 1 saturated carbocycles. The highest BCUT2D eigenvalue weighted by molar-refractivity contribution is 6.03. The monoisotopic (exact) mass is 420 g/mol. The lowest BCUT2D eigenvalue weighted by Gasteiger charge is -2.44. The molecular formula is C23H32O7. The van der Waals surface area contributed by atoms with E-state index in [9.17, 15) is 24.6 Å². The largest absolute Gasteiger partial charge is 0.508 e. The first-order valence-corrected chi connectivity index (χ1v) is 10.0. The number of ketones is 1. The molecule has 2 rings (SSSR count). The Morgan fingerprint density at radius 1 is 0.967 bits per heavy atom. The van der Waals surface area contributed by atoms with Gasteiger partial charge in [-0.15, -0.1) is 0 Å². The van der Waals surface area contributed by atoms with Crippen LogP contribution in [-0.2, 0) is 23.9 Å². The molecule has 0 unspecified atom stereocenters. The molecule has 0 bridgehead atoms. The first kappa shape index (κ1) is 23.9. The molecule has 1 aliphatic rings. The number of carbonyl (C=O) groups excluding carboxylic acids is 3. The van der Waals surface area contributed by atoms with Gasteiger partial charge in [-0.3, -0.25) is 14.4 Å². The van der Waals surface area contributed by atoms with Gasteiger partial charge >= 0.3 is 11.9 Å². The van der Waals surface area contributed by atoms with Gasteiger partial charge in [-0.1, -0.05) is 12.1 Å². The SMILES string of the molecule is CC(C)(C)OC(=O)[C@@H]1C(=O)C[C@](C)(O)[C@H](C(=O)OC(C)(C)C)[C@@H]1c1ccc(O)cc1. The molecule has 7 nitrogen and oxygen atoms in total. The van der Waals surface area contributed by atoms with Crippen molar-refractivity contribution in [2.24, 2.45) is 11.8 Å². The highest BCUT2D eigenvalue weighted by Gasteiger charge is 2.57. The minimum atomic E-state index is -1.72. The second-order valence-electron chi connectivity index (χ2n) is 10.1. The molecule has 4 atom stereocenters. The maximum atomic E-state index is 13.1. The third-order valence-electron chi connectivity index (χ3n) is 4.87. The molecule has 30 heavy (non-hydrogen) atoms. The van der Waals surface area contributed by atoms with E-state index in [0.717, 1.165) is 0 Å². The molecule has 0 heterocycles. The van der Waals surface area contributed by atoms with Crippen LogP contribution in [0.1, 0.15) is 66.4 Å². The minimum absolute atomic E-state index is 0.00437. The van der Waals surface area contributed by atoms with Crippen LogP contribution in [0.4, 0.5) is 0 Å². The lowest BCUT2D eigenvalue weighted by atomic mass is 9.61. The van der Waals surface area contributed by atoms with Crippen LogP contribution in [0.3, 0.4) is 0 Å². The molecule has 1 aromatic carbocycles. The van der Waals surface area contributed by atoms with Crippen molar-refractivity contribution >= 4 is 17.7 Å². The summed E-state index contributed by atoms with van der Waals surface area (Å²) in [6.45, 7) is 11.6. The van der Waals surface area contributed by atoms with Crippen LogP contribution >= 0.6 is 0 Å². The number of phenols is 1. The Hall–Kier alpha value is -2.41. The van der Waals surface area contributed by atoms with Gasteiger partial charge in [-0.2, -0.15) is 0 Å². The molecule has 7 heteroatoms. The Balaban J connectivity index is 2.62. The zero-order valence-corrected chi connectivity index (χ0v) is 18.7. The van der Waals surface area contributed by atoms with E-state index in [2.05, 4.69) is 0 Å². The zero-order valence-electron chi connectivity index (χ0n) is 18.7. The summed E-state index contributed by atoms with van der Waals surface area (Å²) in [7, 11) is 0. The average Bonchev–Trinajstić information content (AvgIpc) is 2.50. The van der Waals surface area contributed by atoms with Gasteiger partial charge in [-0.25, -0.2) is 0 Å². The second kappa shape index (κ2) is 8.02. The third-order valence-corrected chi connectivity index (χ3v) is 4.87. The van der Waals surface area contributed by atoms with Crippen molar-refractivity contribution in [3.63, 3.8) is 0 Å². The average molecular weight is 421 g/mol. The Bertz CT molecular complexity index is 809. The fourth-order valence-corrected chi connectivity index (χ4v) is 3.84. The summed E-state index contributed by atoms with van der Waals surface area (Å²) in [6.07, 6.45) is -0.380. The first-order valence-electron chi connectivity index (χ1n) is 10.0. The molecule has 1 aliphatic carbocycles. The van der Waals surface area contributed by atoms with Crippen molar-refractivity contribution < 1.29 is 34.1 Å². The number of hydrogen-bond acceptors (Lipinski definition) is 7. The van der Waals surface area contributed by atoms with Crippen molar-refractivity contribution in [3.05, 3.63) is 29.8 Å². The molecule has 0 saturated heterocycles. The van der Waals surface area contributed by atoms with Crippen molar-refractivity contribution in [1.29, 1.82) is 0 Å². The molecule has 1 fully saturated rings. The number of hydrogen-bond donors (Lipinski definition) is 2. The molecule has 1 aromatic rings. The van der Waals surface area contributed by atoms with E-state index in [4.69, 9.17) is 9.47 Å². The van der Waals surface area contributed by atoms with Gasteiger partial charge in [0.1, 0.15) is 22.9 Å². The standard InChI is InChI=1S/C23H32O7/c1-21(2,3)29-19(26)17-15(25)12-23(7,28)18(20(27)30-22(4,5)6)16(17)13-8-10-14(24)11-9-13/h8-11,16-18,24,28H,12H2,1-7H3/t16-,17-,18+,23+/m1/s1. The fourth-order valence-electron chi connectivity index (χ4n) is 3.84. The van der Waals surface area contributed by atoms with E-state index in [1.807, 2.05) is 0 Å². The number of carbonyl (C=O) groups is 3. The van der Waals surface area contributed by atoms with Crippen LogP contribution in [0.25, 0.3) is 0 Å². The summed E-state index contributed by atoms with van der Waals surface area (Å²) < 4.78 is 11.0. The maximum Gasteiger partial charge on any atom is 0.317 e. The molecule has 0 aliphatic heterocycles. The van der Waals surface area contributed by atoms with Gasteiger partial charge in [0.15, 0.2) is 5.78 Å². The Morgan fingerprint density at radius 2 is 1.43 bits per heavy atom. The third kappa shape index (κ3) is 5.59. The zero-order chi connectivity index (χ0) is 23.1. The van der Waals surface area contributed by atoms with Crippen LogP contribution in [0.15, 0.2) is 24.3 Å². The van der Waals surface area contributed by atoms with Crippen molar-refractivity contribution in [2.75, 3.05) is 0 Å². The first-order chi connectivity index (χ1) is 13.5. The number of rotatable bonds is 3. The van der Waals surface area contributed by atoms with E-state index in [1.54, 1.807) is 41.5 Å². The molecule has 166 valence electrons. The normalized spacial score (nSPS) is 27.5. The van der Waals surface area contributed by atoms with Crippen molar-refractivity contribution in [3.8, 4) is 5.75 Å². The Morgan fingerprint density at radius 3 is 1.90 bits per heavy atom. The van der Waals surface area contributed by atoms with Crippen LogP contribution in [-0.4, -0.2) is 44.7 Å². The summed E-state index contributed by atoms with van der Waals surface area (Å²) in [4.78, 5) is 39.1. The highest BCUT2D eigenvalue weighted by Crippen LogP contribution is 2.47. The summed E-state index contributed by atoms with van der Waals surface area (Å²) >= 11 is 0. The van der Waals surface area contributed by atoms with Crippen molar-refractivity contribution in [2.45, 2.75) is 77.6 Å². The predicted octanol–water partition coefficient (Wildman–Crippen LogP) is 3.12. The van der Waals surface area contributed by atoms with Crippen LogP contribution in [0.5, 0.6) is 5.75 Å². The number of benzene rings is 1. The van der Waals surface area contributed by atoms with E-state index in [-0.39, 0.29) is 12.2 Å². The quantitative estimate of drug-likeness (QED) is 0.571. The smallest absolute Gasteiger partial charge is 0.317 e. The summed E-state index contributed by atoms with van der Waals surface area (Å²) in [5.41, 5.74) is -2.93. The maximum absolute atomic E-state index is 13.1. The lowest BCUT2D eigenvalue weighted by Crippen LogP contribution is -2.56. The van der Waals surface area contributed by atoms with Gasteiger partial charge in [0.25, 0.3) is 0 Å². The summed E-state index contributed by atoms with van der Waals surface area (Å²) in [6, 6.07) is 5.87. The molecular weight excluding hydrogens is 388 g/mol. The Labute approximate surface area is 177 Å². The Kier molecular flexibility index (Phi) is 6.38. The van der Waals surface area contributed by atoms with E-state index in [1.165, 1.54) is 31.2 Å². The fraction of sp³-hybridized carbons (Fsp3) is 0.609. The number of Topliss-reactive ketones (excluding diaryl/α,β-unsaturated/α-hetero) is 1. The van der Waals surface area contributed by atoms with Crippen molar-refractivity contribution in [1.82, 2.24) is 0 Å². The highest BCUT2D eigenvalue weighted by atomic mass is 16.6. The van der Waals surface area contributed by atoms with Gasteiger partial charge in [0, 0.05) is 12.3 Å². The van der Waals surface area contributed by atoms with E-state index in [0.29, 0.717) is 5.56 Å². The number of ether oxygens (including phenoxy) is 2. The van der Waals surface area contributed by atoms with Crippen LogP contribution in [0.2, 0.25) is 0 Å². The summed E-state index contributed by atoms with van der Waals surface area (Å²) in [5.74, 6) is -5.45. The molecule has 0 radical (unpaired) electrons. The second-order valence-corrected chi connectivity index (χ2v) is 10.1. The number of aromatic hydroxyl groups is 1. The molecule has 0 aromatic heterocycles. The van der Waals surface area contributed by atoms with Gasteiger partial charge < -0.3 is 19.7 Å². The van der Waals surface area contributed by atoms with Gasteiger partial charge in [0.2, 0.25) is 0 Å². The van der Waals surface area contributed by atoms with Gasteiger partial charge in [0.05, 0.1) is 11.5 Å². The van der Waals surface area contributed by atoms with Crippen LogP contribution < -0.4 is 0 Å². The number of aliphatic hydroxyl groups is 1. The number of phenolic OH excluding ortho intramolecular Hbond substituents is 1. The summed E-state index contributed by atoms with van der Waals surface area (Å²) in [5, 5.41) is 20.7. The lowest BCUT2D eigenvalue weighted by molar-refractivity contribution is -0.182. The topological polar surface area (TPSA) is 110 Å².